The van der Waals surface area contributed by atoms with Gasteiger partial charge in [-0.1, -0.05) is 17.7 Å². The Kier molecular flexibility index (Phi) is 3.85. The van der Waals surface area contributed by atoms with E-state index in [1.165, 1.54) is 6.20 Å². The van der Waals surface area contributed by atoms with Gasteiger partial charge in [-0.15, -0.1) is 0 Å². The molecule has 1 atom stereocenters. The molecule has 1 aromatic heterocycles. The Balaban J connectivity index is 2.45. The molecule has 1 heterocycles. The largest absolute Gasteiger partial charge is 0.463 e. The second kappa shape index (κ2) is 5.40. The molecule has 0 saturated heterocycles. The van der Waals surface area contributed by atoms with Gasteiger partial charge in [0.05, 0.1) is 12.7 Å². The smallest absolute Gasteiger partial charge is 0.379 e. The molecular formula is C13H11ClFNO3. The Morgan fingerprint density at radius 2 is 2.21 bits per heavy atom. The number of esters is 1. The highest BCUT2D eigenvalue weighted by atomic mass is 35.5. The average molecular weight is 284 g/mol. The number of hydrogen-bond acceptors (Lipinski definition) is 3. The van der Waals surface area contributed by atoms with Crippen LogP contribution in [0.5, 0.6) is 0 Å². The number of aromatic amines is 1. The van der Waals surface area contributed by atoms with Gasteiger partial charge in [-0.25, -0.2) is 9.18 Å². The summed E-state index contributed by atoms with van der Waals surface area (Å²) in [5.41, 5.74) is 0.0410. The summed E-state index contributed by atoms with van der Waals surface area (Å²) in [6.45, 7) is 0. The summed E-state index contributed by atoms with van der Waals surface area (Å²) in [5, 5.41) is 0.546. The third kappa shape index (κ3) is 2.76. The Morgan fingerprint density at radius 1 is 1.47 bits per heavy atom. The van der Waals surface area contributed by atoms with Crippen LogP contribution in [-0.2, 0) is 16.0 Å². The maximum atomic E-state index is 12.8. The van der Waals surface area contributed by atoms with Gasteiger partial charge in [0, 0.05) is 23.5 Å². The number of H-pyrrole nitrogens is 1. The molecule has 0 aliphatic heterocycles. The first-order chi connectivity index (χ1) is 9.02. The van der Waals surface area contributed by atoms with Gasteiger partial charge in [0.25, 0.3) is 5.78 Å². The molecule has 0 spiro atoms. The van der Waals surface area contributed by atoms with E-state index >= 15 is 0 Å². The summed E-state index contributed by atoms with van der Waals surface area (Å²) < 4.78 is 17.2. The van der Waals surface area contributed by atoms with Gasteiger partial charge in [-0.05, 0) is 17.7 Å². The van der Waals surface area contributed by atoms with Crippen molar-refractivity contribution in [1.82, 2.24) is 4.98 Å². The lowest BCUT2D eigenvalue weighted by molar-refractivity contribution is -0.135. The third-order valence-corrected chi connectivity index (χ3v) is 2.91. The molecule has 0 aliphatic rings. The van der Waals surface area contributed by atoms with Gasteiger partial charge >= 0.3 is 5.97 Å². The number of hydrogen-bond donors (Lipinski definition) is 1. The number of rotatable bonds is 4. The Hall–Kier alpha value is -1.88. The number of benzene rings is 1. The van der Waals surface area contributed by atoms with E-state index in [0.29, 0.717) is 16.5 Å². The molecule has 6 heteroatoms. The Labute approximate surface area is 113 Å². The van der Waals surface area contributed by atoms with Crippen LogP contribution in [-0.4, -0.2) is 29.5 Å². The minimum Gasteiger partial charge on any atom is -0.463 e. The van der Waals surface area contributed by atoms with E-state index in [1.807, 2.05) is 0 Å². The number of carbonyl (C=O) groups excluding carboxylic acids is 2. The number of halogens is 2. The number of methoxy groups -OCH3 is 1. The number of Topliss-reactive ketones (excluding diaryl/α,β-unsaturated/α-hetero) is 1. The van der Waals surface area contributed by atoms with Crippen LogP contribution in [0.2, 0.25) is 0 Å². The minimum atomic E-state index is -1.49. The molecule has 2 aromatic rings. The van der Waals surface area contributed by atoms with Crippen molar-refractivity contribution in [3.05, 3.63) is 35.5 Å². The zero-order chi connectivity index (χ0) is 14.0. The number of ether oxygens (including phenoxy) is 1. The highest BCUT2D eigenvalue weighted by Gasteiger charge is 2.20. The number of nitrogens with one attached hydrogen (secondary N) is 1. The fourth-order valence-electron chi connectivity index (χ4n) is 1.86. The van der Waals surface area contributed by atoms with Crippen LogP contribution in [0.25, 0.3) is 10.9 Å². The molecule has 4 nitrogen and oxygen atoms in total. The first-order valence-electron chi connectivity index (χ1n) is 5.53. The quantitative estimate of drug-likeness (QED) is 0.406. The van der Waals surface area contributed by atoms with E-state index in [0.717, 1.165) is 7.11 Å². The number of carbonyl (C=O) groups is 2. The molecule has 0 bridgehead atoms. The molecule has 0 fully saturated rings. The zero-order valence-corrected chi connectivity index (χ0v) is 10.8. The topological polar surface area (TPSA) is 59.2 Å². The zero-order valence-electron chi connectivity index (χ0n) is 10.1. The van der Waals surface area contributed by atoms with Crippen molar-refractivity contribution >= 4 is 34.3 Å². The maximum absolute atomic E-state index is 12.8. The van der Waals surface area contributed by atoms with Gasteiger partial charge in [0.1, 0.15) is 0 Å². The van der Waals surface area contributed by atoms with E-state index in [4.69, 9.17) is 11.6 Å². The SMILES string of the molecule is COC(=O)C(=O)c1c[nH]c2ccc(C[C@@H](F)Cl)cc12. The number of aromatic nitrogens is 1. The molecule has 100 valence electrons. The summed E-state index contributed by atoms with van der Waals surface area (Å²) in [7, 11) is 1.14. The van der Waals surface area contributed by atoms with Gasteiger partial charge in [-0.3, -0.25) is 4.79 Å². The van der Waals surface area contributed by atoms with Crippen LogP contribution in [0.1, 0.15) is 15.9 Å². The van der Waals surface area contributed by atoms with Crippen LogP contribution in [0, 0.1) is 0 Å². The molecule has 0 radical (unpaired) electrons. The van der Waals surface area contributed by atoms with Crippen molar-refractivity contribution < 1.29 is 18.7 Å². The van der Waals surface area contributed by atoms with E-state index in [1.54, 1.807) is 18.2 Å². The van der Waals surface area contributed by atoms with Crippen molar-refractivity contribution in [2.75, 3.05) is 7.11 Å². The number of alkyl halides is 2. The third-order valence-electron chi connectivity index (χ3n) is 2.75. The van der Waals surface area contributed by atoms with Crippen molar-refractivity contribution in [2.24, 2.45) is 0 Å². The van der Waals surface area contributed by atoms with E-state index in [2.05, 4.69) is 9.72 Å². The molecule has 2 rings (SSSR count). The second-order valence-electron chi connectivity index (χ2n) is 4.00. The standard InChI is InChI=1S/C13H11ClFNO3/c1-19-13(18)12(17)9-6-16-10-3-2-7(4-8(9)10)5-11(14)15/h2-4,6,11,16H,5H2,1H3/t11-/m1/s1. The van der Waals surface area contributed by atoms with Crippen LogP contribution in [0.15, 0.2) is 24.4 Å². The van der Waals surface area contributed by atoms with Gasteiger partial charge < -0.3 is 9.72 Å². The maximum Gasteiger partial charge on any atom is 0.379 e. The van der Waals surface area contributed by atoms with E-state index < -0.39 is 17.4 Å². The molecule has 0 saturated carbocycles. The van der Waals surface area contributed by atoms with Crippen molar-refractivity contribution in [2.45, 2.75) is 12.1 Å². The molecule has 1 aromatic carbocycles. The van der Waals surface area contributed by atoms with Crippen molar-refractivity contribution in [1.29, 1.82) is 0 Å². The fraction of sp³-hybridized carbons (Fsp3) is 0.231. The van der Waals surface area contributed by atoms with Gasteiger partial charge in [-0.2, -0.15) is 0 Å². The molecule has 1 N–H and O–H groups in total. The summed E-state index contributed by atoms with van der Waals surface area (Å²) in [5.74, 6) is -1.68. The van der Waals surface area contributed by atoms with Crippen LogP contribution in [0.4, 0.5) is 4.39 Å². The first-order valence-corrected chi connectivity index (χ1v) is 5.97. The highest BCUT2D eigenvalue weighted by molar-refractivity contribution is 6.42. The summed E-state index contributed by atoms with van der Waals surface area (Å²) >= 11 is 5.30. The van der Waals surface area contributed by atoms with E-state index in [-0.39, 0.29) is 12.0 Å². The second-order valence-corrected chi connectivity index (χ2v) is 4.47. The van der Waals surface area contributed by atoms with Crippen LogP contribution < -0.4 is 0 Å². The predicted molar refractivity (Wildman–Crippen MR) is 69.1 cm³/mol. The normalized spacial score (nSPS) is 12.4. The van der Waals surface area contributed by atoms with Crippen molar-refractivity contribution in [3.8, 4) is 0 Å². The van der Waals surface area contributed by atoms with Crippen molar-refractivity contribution in [3.63, 3.8) is 0 Å². The summed E-state index contributed by atoms with van der Waals surface area (Å²) in [4.78, 5) is 25.9. The number of fused-ring (bicyclic) bond motifs is 1. The Bertz CT molecular complexity index is 636. The molecule has 0 unspecified atom stereocenters. The van der Waals surface area contributed by atoms with Crippen LogP contribution in [0.3, 0.4) is 0 Å². The number of ketones is 1. The van der Waals surface area contributed by atoms with Crippen LogP contribution >= 0.6 is 11.6 Å². The lowest BCUT2D eigenvalue weighted by Crippen LogP contribution is -2.15. The average Bonchev–Trinajstić information content (AvgIpc) is 2.79. The van der Waals surface area contributed by atoms with Gasteiger partial charge in [0.15, 0.2) is 5.63 Å². The monoisotopic (exact) mass is 283 g/mol. The minimum absolute atomic E-state index is 0.0362. The summed E-state index contributed by atoms with van der Waals surface area (Å²) in [6.07, 6.45) is 1.47. The molecule has 0 amide bonds. The predicted octanol–water partition coefficient (Wildman–Crippen LogP) is 2.60. The summed E-state index contributed by atoms with van der Waals surface area (Å²) in [6, 6.07) is 5.05. The fourth-order valence-corrected chi connectivity index (χ4v) is 2.04. The lowest BCUT2D eigenvalue weighted by atomic mass is 10.1. The molecular weight excluding hydrogens is 273 g/mol. The lowest BCUT2D eigenvalue weighted by Gasteiger charge is -2.02. The van der Waals surface area contributed by atoms with E-state index in [9.17, 15) is 14.0 Å². The molecule has 19 heavy (non-hydrogen) atoms. The molecule has 0 aliphatic carbocycles. The highest BCUT2D eigenvalue weighted by Crippen LogP contribution is 2.22. The van der Waals surface area contributed by atoms with Gasteiger partial charge in [0.2, 0.25) is 0 Å². The Morgan fingerprint density at radius 3 is 2.84 bits per heavy atom. The first kappa shape index (κ1) is 13.5.